The number of phenolic OH excluding ortho intramolecular Hbond substituents is 3. The lowest BCUT2D eigenvalue weighted by Gasteiger charge is -2.31. The average molecular weight is 456 g/mol. The summed E-state index contributed by atoms with van der Waals surface area (Å²) in [5, 5.41) is 31.3. The summed E-state index contributed by atoms with van der Waals surface area (Å²) in [5.41, 5.74) is 6.74. The molecule has 0 spiro atoms. The molecule has 5 nitrogen and oxygen atoms in total. The molecule has 174 valence electrons. The number of rotatable bonds is 5. The lowest BCUT2D eigenvalue weighted by atomic mass is 10.0. The maximum absolute atomic E-state index is 10.5. The largest absolute Gasteiger partial charge is 0.508 e. The van der Waals surface area contributed by atoms with Crippen LogP contribution < -0.4 is 9.64 Å². The molecule has 34 heavy (non-hydrogen) atoms. The third-order valence-electron chi connectivity index (χ3n) is 6.18. The second-order valence-electron chi connectivity index (χ2n) is 8.60. The van der Waals surface area contributed by atoms with Crippen LogP contribution in [0.5, 0.6) is 28.7 Å². The maximum Gasteiger partial charge on any atom is 0.169 e. The van der Waals surface area contributed by atoms with E-state index in [0.717, 1.165) is 44.9 Å². The molecule has 5 heteroatoms. The molecule has 0 aromatic heterocycles. The van der Waals surface area contributed by atoms with Crippen molar-refractivity contribution in [2.24, 2.45) is 0 Å². The van der Waals surface area contributed by atoms with Crippen LogP contribution >= 0.6 is 0 Å². The molecule has 4 rings (SSSR count). The van der Waals surface area contributed by atoms with Gasteiger partial charge in [-0.1, -0.05) is 24.3 Å². The predicted molar refractivity (Wildman–Crippen MR) is 136 cm³/mol. The van der Waals surface area contributed by atoms with Crippen LogP contribution in [0.2, 0.25) is 0 Å². The molecule has 0 saturated carbocycles. The van der Waals surface area contributed by atoms with Gasteiger partial charge in [0.05, 0.1) is 11.4 Å². The predicted octanol–water partition coefficient (Wildman–Crippen LogP) is 7.61. The van der Waals surface area contributed by atoms with Gasteiger partial charge in [-0.3, -0.25) is 0 Å². The second kappa shape index (κ2) is 9.02. The quantitative estimate of drug-likeness (QED) is 0.289. The highest BCUT2D eigenvalue weighted by atomic mass is 16.5. The number of aromatic hydroxyl groups is 3. The fraction of sp³-hybridized carbons (Fsp3) is 0.172. The summed E-state index contributed by atoms with van der Waals surface area (Å²) in [5.74, 6) is 1.50. The number of hydrogen-bond acceptors (Lipinski definition) is 5. The molecule has 0 aliphatic rings. The molecule has 0 unspecified atom stereocenters. The lowest BCUT2D eigenvalue weighted by Crippen LogP contribution is -2.15. The number of hydrogen-bond donors (Lipinski definition) is 3. The van der Waals surface area contributed by atoms with E-state index in [4.69, 9.17) is 4.74 Å². The van der Waals surface area contributed by atoms with Crippen LogP contribution in [-0.4, -0.2) is 15.3 Å². The highest BCUT2D eigenvalue weighted by Gasteiger charge is 2.23. The fourth-order valence-electron chi connectivity index (χ4n) is 4.21. The fourth-order valence-corrected chi connectivity index (χ4v) is 4.21. The minimum atomic E-state index is 0.116. The van der Waals surface area contributed by atoms with Gasteiger partial charge in [0, 0.05) is 16.8 Å². The summed E-state index contributed by atoms with van der Waals surface area (Å²) >= 11 is 0. The number of nitrogens with zero attached hydrogens (tertiary/aromatic N) is 1. The number of ether oxygens (including phenoxy) is 1. The number of para-hydroxylation sites is 1. The first-order valence-electron chi connectivity index (χ1n) is 11.1. The van der Waals surface area contributed by atoms with Crippen LogP contribution in [0.15, 0.2) is 66.7 Å². The van der Waals surface area contributed by atoms with Crippen molar-refractivity contribution in [3.8, 4) is 28.7 Å². The second-order valence-corrected chi connectivity index (χ2v) is 8.60. The highest BCUT2D eigenvalue weighted by molar-refractivity contribution is 5.85. The molecule has 0 fully saturated rings. The average Bonchev–Trinajstić information content (AvgIpc) is 2.82. The monoisotopic (exact) mass is 455 g/mol. The Morgan fingerprint density at radius 3 is 1.65 bits per heavy atom. The van der Waals surface area contributed by atoms with Gasteiger partial charge in [0.25, 0.3) is 0 Å². The SMILES string of the molecule is Cc1cccc(Oc2ccc(N(c3c(C)ccc(O)c3C)c3c(C)ccc(O)c3C)cc2)c1O. The summed E-state index contributed by atoms with van der Waals surface area (Å²) < 4.78 is 5.92. The first-order chi connectivity index (χ1) is 16.2. The molecular formula is C29H29NO4. The minimum absolute atomic E-state index is 0.116. The normalized spacial score (nSPS) is 10.9. The number of phenols is 3. The minimum Gasteiger partial charge on any atom is -0.508 e. The van der Waals surface area contributed by atoms with E-state index in [1.807, 2.05) is 83.1 Å². The highest BCUT2D eigenvalue weighted by Crippen LogP contribution is 2.46. The van der Waals surface area contributed by atoms with Crippen molar-refractivity contribution in [1.82, 2.24) is 0 Å². The van der Waals surface area contributed by atoms with E-state index in [9.17, 15) is 15.3 Å². The van der Waals surface area contributed by atoms with Crippen molar-refractivity contribution in [1.29, 1.82) is 0 Å². The van der Waals surface area contributed by atoms with Crippen LogP contribution in [0.3, 0.4) is 0 Å². The Morgan fingerprint density at radius 2 is 1.12 bits per heavy atom. The van der Waals surface area contributed by atoms with Gasteiger partial charge in [-0.25, -0.2) is 0 Å². The van der Waals surface area contributed by atoms with Gasteiger partial charge in [0.2, 0.25) is 0 Å². The Bertz CT molecular complexity index is 1300. The number of anilines is 3. The van der Waals surface area contributed by atoms with Crippen molar-refractivity contribution >= 4 is 17.1 Å². The Labute approximate surface area is 200 Å². The molecule has 0 aliphatic heterocycles. The van der Waals surface area contributed by atoms with Crippen LogP contribution in [0, 0.1) is 34.6 Å². The summed E-state index contributed by atoms with van der Waals surface area (Å²) in [4.78, 5) is 2.06. The van der Waals surface area contributed by atoms with Gasteiger partial charge in [-0.05, 0) is 93.8 Å². The lowest BCUT2D eigenvalue weighted by molar-refractivity contribution is 0.408. The first kappa shape index (κ1) is 23.1. The molecule has 0 radical (unpaired) electrons. The summed E-state index contributed by atoms with van der Waals surface area (Å²) in [6.45, 7) is 9.59. The van der Waals surface area contributed by atoms with Gasteiger partial charge in [-0.2, -0.15) is 0 Å². The zero-order chi connectivity index (χ0) is 24.6. The van der Waals surface area contributed by atoms with E-state index < -0.39 is 0 Å². The van der Waals surface area contributed by atoms with Gasteiger partial charge in [0.1, 0.15) is 17.2 Å². The van der Waals surface area contributed by atoms with Crippen molar-refractivity contribution in [3.05, 3.63) is 94.5 Å². The van der Waals surface area contributed by atoms with E-state index in [1.54, 1.807) is 18.2 Å². The van der Waals surface area contributed by atoms with Crippen molar-refractivity contribution < 1.29 is 20.1 Å². The van der Waals surface area contributed by atoms with E-state index >= 15 is 0 Å². The summed E-state index contributed by atoms with van der Waals surface area (Å²) in [6, 6.07) is 20.1. The smallest absolute Gasteiger partial charge is 0.169 e. The summed E-state index contributed by atoms with van der Waals surface area (Å²) in [7, 11) is 0. The molecule has 0 amide bonds. The molecular weight excluding hydrogens is 426 g/mol. The topological polar surface area (TPSA) is 73.2 Å². The van der Waals surface area contributed by atoms with Crippen LogP contribution in [0.4, 0.5) is 17.1 Å². The molecule has 0 saturated heterocycles. The Balaban J connectivity index is 1.85. The van der Waals surface area contributed by atoms with Gasteiger partial charge in [-0.15, -0.1) is 0 Å². The van der Waals surface area contributed by atoms with E-state index in [-0.39, 0.29) is 17.2 Å². The molecule has 4 aromatic rings. The van der Waals surface area contributed by atoms with Crippen LogP contribution in [0.25, 0.3) is 0 Å². The molecule has 0 atom stereocenters. The molecule has 4 aromatic carbocycles. The maximum atomic E-state index is 10.5. The van der Waals surface area contributed by atoms with Gasteiger partial charge < -0.3 is 25.0 Å². The zero-order valence-electron chi connectivity index (χ0n) is 20.0. The molecule has 0 aliphatic carbocycles. The van der Waals surface area contributed by atoms with Gasteiger partial charge >= 0.3 is 0 Å². The zero-order valence-corrected chi connectivity index (χ0v) is 20.0. The standard InChI is InChI=1S/C29H29NO4/c1-17-9-15-24(31)20(4)27(17)30(28-18(2)10-16-25(32)21(28)5)22-11-13-23(14-12-22)34-26-8-6-7-19(3)29(26)33/h6-16,31-33H,1-5H3. The summed E-state index contributed by atoms with van der Waals surface area (Å²) in [6.07, 6.45) is 0. The molecule has 0 heterocycles. The first-order valence-corrected chi connectivity index (χ1v) is 11.1. The number of aryl methyl sites for hydroxylation is 3. The van der Waals surface area contributed by atoms with Crippen molar-refractivity contribution in [3.63, 3.8) is 0 Å². The third-order valence-corrected chi connectivity index (χ3v) is 6.18. The van der Waals surface area contributed by atoms with Crippen molar-refractivity contribution in [2.75, 3.05) is 4.90 Å². The Hall–Kier alpha value is -4.12. The molecule has 0 bridgehead atoms. The Morgan fingerprint density at radius 1 is 0.588 bits per heavy atom. The van der Waals surface area contributed by atoms with Crippen molar-refractivity contribution in [2.45, 2.75) is 34.6 Å². The van der Waals surface area contributed by atoms with Gasteiger partial charge in [0.15, 0.2) is 11.5 Å². The van der Waals surface area contributed by atoms with E-state index in [0.29, 0.717) is 11.5 Å². The van der Waals surface area contributed by atoms with Crippen LogP contribution in [-0.2, 0) is 0 Å². The van der Waals surface area contributed by atoms with E-state index in [1.165, 1.54) is 0 Å². The van der Waals surface area contributed by atoms with E-state index in [2.05, 4.69) is 4.90 Å². The Kier molecular flexibility index (Phi) is 6.12. The van der Waals surface area contributed by atoms with Crippen LogP contribution in [0.1, 0.15) is 27.8 Å². The number of benzene rings is 4. The third kappa shape index (κ3) is 4.13. The molecule has 3 N–H and O–H groups in total.